The molecule has 2 rings (SSSR count). The van der Waals surface area contributed by atoms with Gasteiger partial charge in [0.25, 0.3) is 5.91 Å². The zero-order valence-corrected chi connectivity index (χ0v) is 14.6. The number of nitrogens with one attached hydrogen (secondary N) is 1. The highest BCUT2D eigenvalue weighted by Gasteiger charge is 2.26. The Bertz CT molecular complexity index is 539. The summed E-state index contributed by atoms with van der Waals surface area (Å²) in [6.45, 7) is 8.32. The van der Waals surface area contributed by atoms with Crippen LogP contribution in [0.1, 0.15) is 52.7 Å². The van der Waals surface area contributed by atoms with Crippen LogP contribution >= 0.6 is 11.3 Å². The van der Waals surface area contributed by atoms with Crippen LogP contribution < -0.4 is 5.32 Å². The zero-order chi connectivity index (χ0) is 16.1. The van der Waals surface area contributed by atoms with Crippen molar-refractivity contribution in [2.45, 2.75) is 46.5 Å². The molecular formula is C17H26N2O2S. The average molecular weight is 322 g/mol. The first-order chi connectivity index (χ1) is 10.5. The standard InChI is InChI=1S/C17H26N2O2S/c1-4-6-16(20)18-10-14-7-5-8-19(11-14)17(21)15-9-12(2)22-13(15)3/h9,14H,4-8,10-11H2,1-3H3,(H,18,20). The van der Waals surface area contributed by atoms with Crippen LogP contribution in [0, 0.1) is 19.8 Å². The lowest BCUT2D eigenvalue weighted by molar-refractivity contribution is -0.121. The van der Waals surface area contributed by atoms with Gasteiger partial charge in [0.15, 0.2) is 0 Å². The number of likely N-dealkylation sites (tertiary alicyclic amines) is 1. The first-order valence-corrected chi connectivity index (χ1v) is 8.96. The first kappa shape index (κ1) is 17.0. The van der Waals surface area contributed by atoms with Crippen molar-refractivity contribution in [3.63, 3.8) is 0 Å². The number of hydrogen-bond donors (Lipinski definition) is 1. The number of hydrogen-bond acceptors (Lipinski definition) is 3. The molecule has 1 atom stereocenters. The molecule has 2 heterocycles. The smallest absolute Gasteiger partial charge is 0.254 e. The van der Waals surface area contributed by atoms with Crippen LogP contribution in [0.15, 0.2) is 6.07 Å². The van der Waals surface area contributed by atoms with E-state index in [0.29, 0.717) is 18.9 Å². The van der Waals surface area contributed by atoms with Gasteiger partial charge < -0.3 is 10.2 Å². The fourth-order valence-corrected chi connectivity index (χ4v) is 3.92. The number of amides is 2. The van der Waals surface area contributed by atoms with Gasteiger partial charge in [0, 0.05) is 35.8 Å². The van der Waals surface area contributed by atoms with Gasteiger partial charge in [-0.15, -0.1) is 11.3 Å². The number of piperidine rings is 1. The van der Waals surface area contributed by atoms with Crippen LogP contribution in [-0.2, 0) is 4.79 Å². The van der Waals surface area contributed by atoms with E-state index in [0.717, 1.165) is 42.8 Å². The van der Waals surface area contributed by atoms with Gasteiger partial charge in [-0.2, -0.15) is 0 Å². The van der Waals surface area contributed by atoms with Gasteiger partial charge in [-0.1, -0.05) is 6.92 Å². The Kier molecular flexibility index (Phi) is 6.00. The molecule has 0 radical (unpaired) electrons. The molecule has 1 aliphatic rings. The maximum Gasteiger partial charge on any atom is 0.254 e. The van der Waals surface area contributed by atoms with Crippen molar-refractivity contribution in [1.82, 2.24) is 10.2 Å². The monoisotopic (exact) mass is 322 g/mol. The third kappa shape index (κ3) is 4.32. The zero-order valence-electron chi connectivity index (χ0n) is 13.8. The molecule has 0 spiro atoms. The fourth-order valence-electron chi connectivity index (χ4n) is 3.00. The summed E-state index contributed by atoms with van der Waals surface area (Å²) < 4.78 is 0. The van der Waals surface area contributed by atoms with E-state index in [1.807, 2.05) is 31.7 Å². The molecule has 1 aliphatic heterocycles. The van der Waals surface area contributed by atoms with Crippen molar-refractivity contribution < 1.29 is 9.59 Å². The Morgan fingerprint density at radius 3 is 2.82 bits per heavy atom. The number of carbonyl (C=O) groups excluding carboxylic acids is 2. The molecule has 0 aromatic carbocycles. The predicted molar refractivity (Wildman–Crippen MR) is 90.3 cm³/mol. The summed E-state index contributed by atoms with van der Waals surface area (Å²) in [5.41, 5.74) is 0.846. The molecule has 2 amide bonds. The van der Waals surface area contributed by atoms with E-state index in [9.17, 15) is 9.59 Å². The summed E-state index contributed by atoms with van der Waals surface area (Å²) in [6.07, 6.45) is 3.56. The molecule has 5 heteroatoms. The summed E-state index contributed by atoms with van der Waals surface area (Å²) in [6, 6.07) is 2.00. The van der Waals surface area contributed by atoms with E-state index < -0.39 is 0 Å². The van der Waals surface area contributed by atoms with Crippen molar-refractivity contribution >= 4 is 23.2 Å². The minimum Gasteiger partial charge on any atom is -0.356 e. The lowest BCUT2D eigenvalue weighted by Gasteiger charge is -2.33. The van der Waals surface area contributed by atoms with Gasteiger partial charge in [-0.25, -0.2) is 0 Å². The maximum atomic E-state index is 12.7. The van der Waals surface area contributed by atoms with E-state index in [4.69, 9.17) is 0 Å². The lowest BCUT2D eigenvalue weighted by atomic mass is 9.97. The van der Waals surface area contributed by atoms with Crippen LogP contribution in [0.5, 0.6) is 0 Å². The van der Waals surface area contributed by atoms with E-state index in [-0.39, 0.29) is 11.8 Å². The van der Waals surface area contributed by atoms with Crippen LogP contribution in [0.25, 0.3) is 0 Å². The fraction of sp³-hybridized carbons (Fsp3) is 0.647. The molecule has 1 aromatic heterocycles. The molecule has 1 saturated heterocycles. The molecule has 1 N–H and O–H groups in total. The minimum atomic E-state index is 0.121. The molecule has 0 saturated carbocycles. The Hall–Kier alpha value is -1.36. The lowest BCUT2D eigenvalue weighted by Crippen LogP contribution is -2.43. The molecule has 1 aromatic rings. The minimum absolute atomic E-state index is 0.121. The van der Waals surface area contributed by atoms with Crippen molar-refractivity contribution in [1.29, 1.82) is 0 Å². The summed E-state index contributed by atoms with van der Waals surface area (Å²) >= 11 is 1.68. The highest BCUT2D eigenvalue weighted by Crippen LogP contribution is 2.24. The molecule has 1 fully saturated rings. The quantitative estimate of drug-likeness (QED) is 0.905. The van der Waals surface area contributed by atoms with Crippen molar-refractivity contribution in [3.8, 4) is 0 Å². The van der Waals surface area contributed by atoms with Crippen molar-refractivity contribution in [3.05, 3.63) is 21.4 Å². The summed E-state index contributed by atoms with van der Waals surface area (Å²) in [4.78, 5) is 28.5. The number of aryl methyl sites for hydroxylation is 2. The molecular weight excluding hydrogens is 296 g/mol. The summed E-state index contributed by atoms with van der Waals surface area (Å²) in [5.74, 6) is 0.639. The van der Waals surface area contributed by atoms with Gasteiger partial charge >= 0.3 is 0 Å². The predicted octanol–water partition coefficient (Wildman–Crippen LogP) is 3.13. The van der Waals surface area contributed by atoms with Crippen LogP contribution in [0.4, 0.5) is 0 Å². The third-order valence-electron chi connectivity index (χ3n) is 4.14. The topological polar surface area (TPSA) is 49.4 Å². The highest BCUT2D eigenvalue weighted by atomic mass is 32.1. The van der Waals surface area contributed by atoms with Gasteiger partial charge in [-0.3, -0.25) is 9.59 Å². The summed E-state index contributed by atoms with van der Waals surface area (Å²) in [7, 11) is 0. The second-order valence-electron chi connectivity index (χ2n) is 6.14. The Balaban J connectivity index is 1.91. The van der Waals surface area contributed by atoms with Gasteiger partial charge in [0.1, 0.15) is 0 Å². The molecule has 122 valence electrons. The third-order valence-corrected chi connectivity index (χ3v) is 5.11. The van der Waals surface area contributed by atoms with E-state index >= 15 is 0 Å². The largest absolute Gasteiger partial charge is 0.356 e. The van der Waals surface area contributed by atoms with E-state index in [1.54, 1.807) is 11.3 Å². The van der Waals surface area contributed by atoms with Crippen LogP contribution in [0.2, 0.25) is 0 Å². The van der Waals surface area contributed by atoms with Gasteiger partial charge in [0.2, 0.25) is 5.91 Å². The molecule has 22 heavy (non-hydrogen) atoms. The Labute approximate surface area is 136 Å². The van der Waals surface area contributed by atoms with Crippen molar-refractivity contribution in [2.24, 2.45) is 5.92 Å². The SMILES string of the molecule is CCCC(=O)NCC1CCCN(C(=O)c2cc(C)sc2C)C1. The Morgan fingerprint density at radius 1 is 1.41 bits per heavy atom. The molecule has 0 bridgehead atoms. The second-order valence-corrected chi connectivity index (χ2v) is 7.60. The van der Waals surface area contributed by atoms with Crippen LogP contribution in [0.3, 0.4) is 0 Å². The van der Waals surface area contributed by atoms with Crippen LogP contribution in [-0.4, -0.2) is 36.3 Å². The number of carbonyl (C=O) groups is 2. The van der Waals surface area contributed by atoms with E-state index in [1.165, 1.54) is 4.88 Å². The molecule has 1 unspecified atom stereocenters. The van der Waals surface area contributed by atoms with E-state index in [2.05, 4.69) is 5.32 Å². The molecule has 4 nitrogen and oxygen atoms in total. The summed E-state index contributed by atoms with van der Waals surface area (Å²) in [5, 5.41) is 2.99. The first-order valence-electron chi connectivity index (χ1n) is 8.14. The highest BCUT2D eigenvalue weighted by molar-refractivity contribution is 7.12. The normalized spacial score (nSPS) is 18.3. The number of rotatable bonds is 5. The van der Waals surface area contributed by atoms with Crippen molar-refractivity contribution in [2.75, 3.05) is 19.6 Å². The van der Waals surface area contributed by atoms with Gasteiger partial charge in [-0.05, 0) is 45.1 Å². The Morgan fingerprint density at radius 2 is 2.18 bits per heavy atom. The maximum absolute atomic E-state index is 12.7. The number of nitrogens with zero attached hydrogens (tertiary/aromatic N) is 1. The second kappa shape index (κ2) is 7.77. The number of thiophene rings is 1. The molecule has 0 aliphatic carbocycles. The van der Waals surface area contributed by atoms with Gasteiger partial charge in [0.05, 0.1) is 5.56 Å². The average Bonchev–Trinajstić information content (AvgIpc) is 2.84.